The largest absolute Gasteiger partial charge is 0.339 e. The Morgan fingerprint density at radius 3 is 2.25 bits per heavy atom. The van der Waals surface area contributed by atoms with Gasteiger partial charge in [-0.1, -0.05) is 30.3 Å². The minimum absolute atomic E-state index is 0.240. The van der Waals surface area contributed by atoms with E-state index in [1.807, 2.05) is 25.1 Å². The molecule has 2 rings (SSSR count). The van der Waals surface area contributed by atoms with Crippen molar-refractivity contribution in [2.75, 3.05) is 11.6 Å². The molecule has 2 amide bonds. The second kappa shape index (κ2) is 7.27. The summed E-state index contributed by atoms with van der Waals surface area (Å²) in [6.45, 7) is 3.62. The monoisotopic (exact) mass is 345 g/mol. The maximum Gasteiger partial charge on any atom is 0.339 e. The Hall–Kier alpha value is -2.67. The summed E-state index contributed by atoms with van der Waals surface area (Å²) in [5.74, 6) is 0. The Bertz CT molecular complexity index is 872. The highest BCUT2D eigenvalue weighted by atomic mass is 32.2. The second-order valence-corrected chi connectivity index (χ2v) is 7.39. The van der Waals surface area contributed by atoms with Gasteiger partial charge >= 0.3 is 6.03 Å². The fourth-order valence-corrected chi connectivity index (χ4v) is 2.64. The molecule has 0 aliphatic heterocycles. The first-order valence-electron chi connectivity index (χ1n) is 7.25. The molecule has 2 N–H and O–H groups in total. The molecule has 2 aromatic carbocycles. The molecule has 0 aliphatic rings. The van der Waals surface area contributed by atoms with Gasteiger partial charge in [-0.3, -0.25) is 0 Å². The molecule has 0 saturated heterocycles. The van der Waals surface area contributed by atoms with Gasteiger partial charge in [-0.2, -0.15) is 5.10 Å². The van der Waals surface area contributed by atoms with Crippen LogP contribution in [0.1, 0.15) is 18.1 Å². The number of carbonyl (C=O) groups is 1. The third-order valence-corrected chi connectivity index (χ3v) is 4.55. The van der Waals surface area contributed by atoms with Gasteiger partial charge in [0, 0.05) is 11.9 Å². The van der Waals surface area contributed by atoms with Gasteiger partial charge in [0.1, 0.15) is 0 Å². The Balaban J connectivity index is 2.03. The third-order valence-electron chi connectivity index (χ3n) is 3.42. The summed E-state index contributed by atoms with van der Waals surface area (Å²) in [5.41, 5.74) is 5.36. The molecule has 6 nitrogen and oxygen atoms in total. The van der Waals surface area contributed by atoms with Crippen molar-refractivity contribution in [3.05, 3.63) is 59.7 Å². The molecule has 0 aromatic heterocycles. The van der Waals surface area contributed by atoms with Crippen LogP contribution in [0.3, 0.4) is 0 Å². The first-order valence-corrected chi connectivity index (χ1v) is 9.14. The Morgan fingerprint density at radius 2 is 1.67 bits per heavy atom. The molecular weight excluding hydrogens is 326 g/mol. The van der Waals surface area contributed by atoms with Gasteiger partial charge in [0.25, 0.3) is 0 Å². The van der Waals surface area contributed by atoms with E-state index < -0.39 is 15.9 Å². The summed E-state index contributed by atoms with van der Waals surface area (Å²) in [6, 6.07) is 13.3. The zero-order valence-electron chi connectivity index (χ0n) is 13.7. The molecule has 24 heavy (non-hydrogen) atoms. The quantitative estimate of drug-likeness (QED) is 0.660. The van der Waals surface area contributed by atoms with Crippen molar-refractivity contribution in [2.45, 2.75) is 18.7 Å². The number of hydrogen-bond donors (Lipinski definition) is 2. The van der Waals surface area contributed by atoms with E-state index in [1.165, 1.54) is 12.1 Å². The summed E-state index contributed by atoms with van der Waals surface area (Å²) in [4.78, 5) is 12.1. The number of hydrogen-bond acceptors (Lipinski definition) is 4. The fourth-order valence-electron chi connectivity index (χ4n) is 2.01. The van der Waals surface area contributed by atoms with Crippen LogP contribution in [-0.2, 0) is 9.84 Å². The Morgan fingerprint density at radius 1 is 1.04 bits per heavy atom. The van der Waals surface area contributed by atoms with E-state index in [1.54, 1.807) is 25.1 Å². The molecular formula is C17H19N3O3S. The SMILES string of the molecule is CC(=NNC(=O)Nc1ccccc1C)c1ccc(S(C)(=O)=O)cc1. The van der Waals surface area contributed by atoms with Gasteiger partial charge in [-0.05, 0) is 43.2 Å². The van der Waals surface area contributed by atoms with Crippen LogP contribution < -0.4 is 10.7 Å². The highest BCUT2D eigenvalue weighted by molar-refractivity contribution is 7.90. The fraction of sp³-hybridized carbons (Fsp3) is 0.176. The van der Waals surface area contributed by atoms with E-state index in [0.29, 0.717) is 11.4 Å². The zero-order chi connectivity index (χ0) is 17.7. The van der Waals surface area contributed by atoms with Gasteiger partial charge in [-0.25, -0.2) is 18.6 Å². The first-order chi connectivity index (χ1) is 11.3. The second-order valence-electron chi connectivity index (χ2n) is 5.37. The predicted molar refractivity (Wildman–Crippen MR) is 95.1 cm³/mol. The predicted octanol–water partition coefficient (Wildman–Crippen LogP) is 2.94. The normalized spacial score (nSPS) is 11.9. The lowest BCUT2D eigenvalue weighted by atomic mass is 10.1. The smallest absolute Gasteiger partial charge is 0.306 e. The van der Waals surface area contributed by atoms with Gasteiger partial charge in [0.05, 0.1) is 10.6 Å². The Kier molecular flexibility index (Phi) is 5.35. The molecule has 0 heterocycles. The van der Waals surface area contributed by atoms with E-state index in [4.69, 9.17) is 0 Å². The van der Waals surface area contributed by atoms with Crippen LogP contribution in [0.4, 0.5) is 10.5 Å². The van der Waals surface area contributed by atoms with Crippen molar-refractivity contribution in [1.29, 1.82) is 0 Å². The van der Waals surface area contributed by atoms with Gasteiger partial charge in [0.15, 0.2) is 9.84 Å². The molecule has 7 heteroatoms. The number of nitrogens with one attached hydrogen (secondary N) is 2. The number of urea groups is 1. The van der Waals surface area contributed by atoms with Crippen molar-refractivity contribution in [2.24, 2.45) is 5.10 Å². The number of para-hydroxylation sites is 1. The van der Waals surface area contributed by atoms with Crippen LogP contribution in [0.2, 0.25) is 0 Å². The lowest BCUT2D eigenvalue weighted by molar-refractivity contribution is 0.252. The first kappa shape index (κ1) is 17.7. The summed E-state index contributed by atoms with van der Waals surface area (Å²) in [5, 5.41) is 6.73. The summed E-state index contributed by atoms with van der Waals surface area (Å²) in [7, 11) is -3.23. The zero-order valence-corrected chi connectivity index (χ0v) is 14.5. The van der Waals surface area contributed by atoms with Crippen molar-refractivity contribution in [1.82, 2.24) is 5.43 Å². The standard InChI is InChI=1S/C17H19N3O3S/c1-12-6-4-5-7-16(12)18-17(21)20-19-13(2)14-8-10-15(11-9-14)24(3,22)23/h4-11H,1-3H3,(H2,18,20,21). The number of amides is 2. The van der Waals surface area contributed by atoms with E-state index in [2.05, 4.69) is 15.8 Å². The molecule has 126 valence electrons. The number of carbonyl (C=O) groups excluding carboxylic acids is 1. The van der Waals surface area contributed by atoms with E-state index in [9.17, 15) is 13.2 Å². The highest BCUT2D eigenvalue weighted by Gasteiger charge is 2.07. The van der Waals surface area contributed by atoms with Crippen LogP contribution in [0.15, 0.2) is 58.5 Å². The van der Waals surface area contributed by atoms with Crippen LogP contribution in [0.25, 0.3) is 0 Å². The maximum atomic E-state index is 11.9. The molecule has 2 aromatic rings. The molecule has 0 saturated carbocycles. The lowest BCUT2D eigenvalue weighted by Crippen LogP contribution is -2.25. The van der Waals surface area contributed by atoms with Crippen LogP contribution >= 0.6 is 0 Å². The van der Waals surface area contributed by atoms with Crippen molar-refractivity contribution >= 4 is 27.3 Å². The van der Waals surface area contributed by atoms with Crippen molar-refractivity contribution in [3.63, 3.8) is 0 Å². The number of nitrogens with zero attached hydrogens (tertiary/aromatic N) is 1. The van der Waals surface area contributed by atoms with Gasteiger partial charge in [-0.15, -0.1) is 0 Å². The average Bonchev–Trinajstić information content (AvgIpc) is 2.54. The minimum Gasteiger partial charge on any atom is -0.306 e. The number of aryl methyl sites for hydroxylation is 1. The number of sulfone groups is 1. The summed E-state index contributed by atoms with van der Waals surface area (Å²) in [6.07, 6.45) is 1.15. The molecule has 0 spiro atoms. The maximum absolute atomic E-state index is 11.9. The number of anilines is 1. The van der Waals surface area contributed by atoms with Crippen molar-refractivity contribution in [3.8, 4) is 0 Å². The molecule has 0 fully saturated rings. The minimum atomic E-state index is -3.23. The lowest BCUT2D eigenvalue weighted by Gasteiger charge is -2.08. The van der Waals surface area contributed by atoms with Crippen LogP contribution in [0.5, 0.6) is 0 Å². The van der Waals surface area contributed by atoms with E-state index >= 15 is 0 Å². The van der Waals surface area contributed by atoms with Crippen LogP contribution in [-0.4, -0.2) is 26.4 Å². The third kappa shape index (κ3) is 4.66. The number of hydrazone groups is 1. The molecule has 0 unspecified atom stereocenters. The summed E-state index contributed by atoms with van der Waals surface area (Å²) < 4.78 is 22.9. The van der Waals surface area contributed by atoms with Gasteiger partial charge < -0.3 is 5.32 Å². The number of rotatable bonds is 4. The van der Waals surface area contributed by atoms with Gasteiger partial charge in [0.2, 0.25) is 0 Å². The molecule has 0 radical (unpaired) electrons. The topological polar surface area (TPSA) is 87.6 Å². The average molecular weight is 345 g/mol. The van der Waals surface area contributed by atoms with E-state index in [-0.39, 0.29) is 4.90 Å². The van der Waals surface area contributed by atoms with Crippen LogP contribution in [0, 0.1) is 6.92 Å². The number of benzene rings is 2. The highest BCUT2D eigenvalue weighted by Crippen LogP contribution is 2.13. The van der Waals surface area contributed by atoms with Crippen molar-refractivity contribution < 1.29 is 13.2 Å². The summed E-state index contributed by atoms with van der Waals surface area (Å²) >= 11 is 0. The molecule has 0 atom stereocenters. The van der Waals surface area contributed by atoms with E-state index in [0.717, 1.165) is 17.4 Å². The molecule has 0 aliphatic carbocycles. The Labute approximate surface area is 141 Å². The molecule has 0 bridgehead atoms.